The van der Waals surface area contributed by atoms with Crippen LogP contribution < -0.4 is 0 Å². The predicted molar refractivity (Wildman–Crippen MR) is 100 cm³/mol. The van der Waals surface area contributed by atoms with Crippen LogP contribution in [-0.2, 0) is 0 Å². The first-order chi connectivity index (χ1) is 12.4. The van der Waals surface area contributed by atoms with Crippen molar-refractivity contribution in [3.8, 4) is 0 Å². The molecule has 0 aliphatic carbocycles. The van der Waals surface area contributed by atoms with Gasteiger partial charge in [-0.15, -0.1) is 0 Å². The third-order valence-electron chi connectivity index (χ3n) is 5.04. The average Bonchev–Trinajstić information content (AvgIpc) is 3.00. The van der Waals surface area contributed by atoms with E-state index in [0.717, 1.165) is 43.7 Å². The van der Waals surface area contributed by atoms with Crippen molar-refractivity contribution in [1.82, 2.24) is 14.4 Å². The normalized spacial score (nSPS) is 12.0. The molecule has 0 radical (unpaired) electrons. The van der Waals surface area contributed by atoms with Crippen LogP contribution in [0.2, 0.25) is 0 Å². The van der Waals surface area contributed by atoms with E-state index in [1.54, 1.807) is 6.33 Å². The maximum atomic E-state index is 7.36. The Morgan fingerprint density at radius 3 is 2.64 bits per heavy atom. The highest BCUT2D eigenvalue weighted by Gasteiger charge is 2.18. The Morgan fingerprint density at radius 1 is 0.840 bits per heavy atom. The van der Waals surface area contributed by atoms with Gasteiger partial charge >= 0.3 is 0 Å². The van der Waals surface area contributed by atoms with E-state index in [9.17, 15) is 0 Å². The molecule has 25 heavy (non-hydrogen) atoms. The molecule has 6 rings (SSSR count). The van der Waals surface area contributed by atoms with Crippen molar-refractivity contribution in [3.63, 3.8) is 0 Å². The van der Waals surface area contributed by atoms with Gasteiger partial charge in [0.2, 0.25) is 0 Å². The molecule has 0 aliphatic rings. The van der Waals surface area contributed by atoms with Gasteiger partial charge in [-0.1, -0.05) is 36.4 Å². The van der Waals surface area contributed by atoms with Gasteiger partial charge in [0, 0.05) is 21.7 Å². The number of fused-ring (bicyclic) bond motifs is 5. The molecule has 4 heteroatoms. The Balaban J connectivity index is 2.10. The number of hydrogen-bond acceptors (Lipinski definition) is 2. The summed E-state index contributed by atoms with van der Waals surface area (Å²) in [7, 11) is 0. The fraction of sp³-hybridized carbons (Fsp3) is 0. The Hall–Kier alpha value is -3.71. The summed E-state index contributed by atoms with van der Waals surface area (Å²) in [6, 6.07) is 18.4. The van der Waals surface area contributed by atoms with Crippen molar-refractivity contribution in [1.29, 1.82) is 0 Å². The van der Waals surface area contributed by atoms with Gasteiger partial charge in [0.25, 0.3) is 0 Å². The van der Waals surface area contributed by atoms with Gasteiger partial charge in [0.15, 0.2) is 5.69 Å². The molecule has 3 aromatic heterocycles. The van der Waals surface area contributed by atoms with E-state index in [2.05, 4.69) is 43.5 Å². The Labute approximate surface area is 142 Å². The molecular weight excluding hydrogens is 308 g/mol. The highest BCUT2D eigenvalue weighted by atomic mass is 14.9. The first kappa shape index (κ1) is 12.7. The molecule has 0 saturated heterocycles. The van der Waals surface area contributed by atoms with Gasteiger partial charge in [-0.2, -0.15) is 0 Å². The van der Waals surface area contributed by atoms with Crippen LogP contribution in [0.3, 0.4) is 0 Å². The largest absolute Gasteiger partial charge is 0.309 e. The van der Waals surface area contributed by atoms with Crippen LogP contribution in [0.4, 0.5) is 5.69 Å². The zero-order valence-corrected chi connectivity index (χ0v) is 13.1. The summed E-state index contributed by atoms with van der Waals surface area (Å²) in [6.07, 6.45) is 1.63. The number of nitrogens with zero attached hydrogens (tertiary/aromatic N) is 4. The van der Waals surface area contributed by atoms with E-state index >= 15 is 0 Å². The SMILES string of the molecule is [C-]#[N+]c1ccc2c3cccc4c5ncnc6cccc(c65)n(c2c1)c34. The van der Waals surface area contributed by atoms with Gasteiger partial charge in [-0.25, -0.2) is 14.8 Å². The molecule has 4 nitrogen and oxygen atoms in total. The van der Waals surface area contributed by atoms with Gasteiger partial charge in [-0.3, -0.25) is 0 Å². The molecule has 0 spiro atoms. The molecule has 0 fully saturated rings. The fourth-order valence-electron chi connectivity index (χ4n) is 4.05. The molecule has 0 amide bonds. The topological polar surface area (TPSA) is 34.5 Å². The minimum Gasteiger partial charge on any atom is -0.309 e. The summed E-state index contributed by atoms with van der Waals surface area (Å²) < 4.78 is 2.26. The molecule has 0 unspecified atom stereocenters. The van der Waals surface area contributed by atoms with Crippen molar-refractivity contribution in [2.75, 3.05) is 0 Å². The summed E-state index contributed by atoms with van der Waals surface area (Å²) >= 11 is 0. The first-order valence-electron chi connectivity index (χ1n) is 8.06. The average molecular weight is 318 g/mol. The van der Waals surface area contributed by atoms with Gasteiger partial charge < -0.3 is 4.40 Å². The first-order valence-corrected chi connectivity index (χ1v) is 8.06. The number of aromatic nitrogens is 3. The van der Waals surface area contributed by atoms with Gasteiger partial charge in [-0.05, 0) is 18.2 Å². The smallest absolute Gasteiger partial charge is 0.189 e. The van der Waals surface area contributed by atoms with Crippen molar-refractivity contribution in [2.45, 2.75) is 0 Å². The van der Waals surface area contributed by atoms with E-state index in [1.165, 1.54) is 5.39 Å². The van der Waals surface area contributed by atoms with Crippen LogP contribution >= 0.6 is 0 Å². The zero-order chi connectivity index (χ0) is 16.5. The van der Waals surface area contributed by atoms with Gasteiger partial charge in [0.05, 0.1) is 34.0 Å². The van der Waals surface area contributed by atoms with E-state index < -0.39 is 0 Å². The van der Waals surface area contributed by atoms with E-state index in [0.29, 0.717) is 5.69 Å². The van der Waals surface area contributed by atoms with E-state index in [4.69, 9.17) is 6.57 Å². The molecule has 0 bridgehead atoms. The van der Waals surface area contributed by atoms with Crippen LogP contribution in [0.1, 0.15) is 0 Å². The standard InChI is InChI=1S/C21H10N4/c1-22-12-8-9-13-14-4-2-5-15-20-19-16(23-11-24-20)6-3-7-17(19)25(21(14)15)18(13)10-12/h2-11H. The lowest BCUT2D eigenvalue weighted by atomic mass is 10.1. The van der Waals surface area contributed by atoms with Crippen LogP contribution in [0.15, 0.2) is 60.9 Å². The molecule has 114 valence electrons. The van der Waals surface area contributed by atoms with Crippen LogP contribution in [0.5, 0.6) is 0 Å². The molecule has 0 N–H and O–H groups in total. The molecule has 0 aliphatic heterocycles. The lowest BCUT2D eigenvalue weighted by Crippen LogP contribution is -1.95. The quantitative estimate of drug-likeness (QED) is 0.215. The summed E-state index contributed by atoms with van der Waals surface area (Å²) in [5.74, 6) is 0. The monoisotopic (exact) mass is 318 g/mol. The summed E-state index contributed by atoms with van der Waals surface area (Å²) in [5, 5.41) is 4.52. The van der Waals surface area contributed by atoms with Crippen LogP contribution in [0.25, 0.3) is 54.0 Å². The second kappa shape index (κ2) is 4.22. The fourth-order valence-corrected chi connectivity index (χ4v) is 4.05. The predicted octanol–water partition coefficient (Wildman–Crippen LogP) is 5.33. The number of benzene rings is 3. The maximum absolute atomic E-state index is 7.36. The second-order valence-electron chi connectivity index (χ2n) is 6.24. The minimum absolute atomic E-state index is 0.649. The third kappa shape index (κ3) is 1.41. The van der Waals surface area contributed by atoms with Crippen LogP contribution in [0, 0.1) is 6.57 Å². The molecule has 0 saturated carbocycles. The van der Waals surface area contributed by atoms with Crippen molar-refractivity contribution >= 4 is 54.8 Å². The highest BCUT2D eigenvalue weighted by Crippen LogP contribution is 2.39. The molecular formula is C21H10N4. The van der Waals surface area contributed by atoms with Crippen molar-refractivity contribution < 1.29 is 0 Å². The molecule has 3 heterocycles. The number of rotatable bonds is 0. The Bertz CT molecular complexity index is 1500. The summed E-state index contributed by atoms with van der Waals surface area (Å²) in [5.41, 5.74) is 5.85. The summed E-state index contributed by atoms with van der Waals surface area (Å²) in [6.45, 7) is 7.36. The molecule has 3 aromatic carbocycles. The Morgan fingerprint density at radius 2 is 1.72 bits per heavy atom. The zero-order valence-electron chi connectivity index (χ0n) is 13.1. The number of pyridine rings is 1. The third-order valence-corrected chi connectivity index (χ3v) is 5.04. The van der Waals surface area contributed by atoms with E-state index in [1.807, 2.05) is 30.3 Å². The highest BCUT2D eigenvalue weighted by molar-refractivity contribution is 6.25. The second-order valence-corrected chi connectivity index (χ2v) is 6.24. The number of hydrogen-bond donors (Lipinski definition) is 0. The summed E-state index contributed by atoms with van der Waals surface area (Å²) in [4.78, 5) is 12.7. The van der Waals surface area contributed by atoms with Crippen LogP contribution in [-0.4, -0.2) is 14.4 Å². The maximum Gasteiger partial charge on any atom is 0.189 e. The minimum atomic E-state index is 0.649. The molecule has 6 aromatic rings. The Kier molecular flexibility index (Phi) is 2.14. The lowest BCUT2D eigenvalue weighted by molar-refractivity contribution is 1.25. The van der Waals surface area contributed by atoms with Gasteiger partial charge in [0.1, 0.15) is 6.33 Å². The van der Waals surface area contributed by atoms with E-state index in [-0.39, 0.29) is 0 Å². The van der Waals surface area contributed by atoms with Crippen molar-refractivity contribution in [3.05, 3.63) is 72.3 Å². The number of para-hydroxylation sites is 1. The molecule has 0 atom stereocenters. The lowest BCUT2D eigenvalue weighted by Gasteiger charge is -2.11. The van der Waals surface area contributed by atoms with Crippen molar-refractivity contribution in [2.24, 2.45) is 0 Å².